The Bertz CT molecular complexity index is 1190. The Kier molecular flexibility index (Phi) is 8.47. The molecule has 0 saturated carbocycles. The van der Waals surface area contributed by atoms with Crippen LogP contribution in [0.1, 0.15) is 43.0 Å². The lowest BCUT2D eigenvalue weighted by atomic mass is 9.93. The van der Waals surface area contributed by atoms with E-state index in [1.165, 1.54) is 23.1 Å². The standard InChI is InChI=1S/C27H33N3O6/c1-17(2)16-36-21-10-11-22(18(3)14-21)25(31)23-24(19-8-6-9-20(15-19)30(34)35)29(27(33)26(23)32)13-7-12-28(4)5/h6,8-11,14-15,17,24,31H,7,12-13,16H2,1-5H3/b25-23+/t24-/m0/s1. The van der Waals surface area contributed by atoms with Crippen molar-refractivity contribution in [3.05, 3.63) is 74.8 Å². The Morgan fingerprint density at radius 2 is 1.92 bits per heavy atom. The van der Waals surface area contributed by atoms with Gasteiger partial charge in [0.2, 0.25) is 0 Å². The van der Waals surface area contributed by atoms with Crippen LogP contribution >= 0.6 is 0 Å². The normalized spacial score (nSPS) is 17.3. The van der Waals surface area contributed by atoms with Crippen molar-refractivity contribution in [2.75, 3.05) is 33.8 Å². The van der Waals surface area contributed by atoms with Crippen LogP contribution in [0.5, 0.6) is 5.75 Å². The summed E-state index contributed by atoms with van der Waals surface area (Å²) in [5.74, 6) is -0.878. The summed E-state index contributed by atoms with van der Waals surface area (Å²) in [6.07, 6.45) is 0.590. The maximum Gasteiger partial charge on any atom is 0.295 e. The Labute approximate surface area is 211 Å². The van der Waals surface area contributed by atoms with E-state index >= 15 is 0 Å². The Balaban J connectivity index is 2.10. The van der Waals surface area contributed by atoms with E-state index in [1.54, 1.807) is 31.2 Å². The van der Waals surface area contributed by atoms with E-state index < -0.39 is 22.7 Å². The first-order chi connectivity index (χ1) is 17.0. The van der Waals surface area contributed by atoms with Gasteiger partial charge in [0.05, 0.1) is 23.1 Å². The van der Waals surface area contributed by atoms with Gasteiger partial charge < -0.3 is 19.6 Å². The number of ketones is 1. The number of Topliss-reactive ketones (excluding diaryl/α,β-unsaturated/α-hetero) is 1. The molecule has 2 aromatic carbocycles. The number of ether oxygens (including phenoxy) is 1. The minimum Gasteiger partial charge on any atom is -0.507 e. The second kappa shape index (κ2) is 11.3. The molecule has 1 heterocycles. The molecule has 36 heavy (non-hydrogen) atoms. The molecule has 0 spiro atoms. The third-order valence-corrected chi connectivity index (χ3v) is 5.98. The summed E-state index contributed by atoms with van der Waals surface area (Å²) in [7, 11) is 3.81. The van der Waals surface area contributed by atoms with Crippen LogP contribution in [0.25, 0.3) is 5.76 Å². The van der Waals surface area contributed by atoms with Gasteiger partial charge in [-0.25, -0.2) is 0 Å². The van der Waals surface area contributed by atoms with Gasteiger partial charge in [0.15, 0.2) is 0 Å². The number of rotatable bonds is 10. The zero-order valence-electron chi connectivity index (χ0n) is 21.4. The summed E-state index contributed by atoms with van der Waals surface area (Å²) in [5, 5.41) is 22.8. The number of nitrogens with zero attached hydrogens (tertiary/aromatic N) is 3. The summed E-state index contributed by atoms with van der Waals surface area (Å²) in [6.45, 7) is 7.34. The summed E-state index contributed by atoms with van der Waals surface area (Å²) < 4.78 is 5.76. The molecule has 1 saturated heterocycles. The van der Waals surface area contributed by atoms with E-state index in [1.807, 2.05) is 32.8 Å². The first-order valence-electron chi connectivity index (χ1n) is 11.9. The number of amides is 1. The predicted octanol–water partition coefficient (Wildman–Crippen LogP) is 4.31. The molecule has 0 aliphatic carbocycles. The fourth-order valence-corrected chi connectivity index (χ4v) is 4.22. The monoisotopic (exact) mass is 495 g/mol. The van der Waals surface area contributed by atoms with Gasteiger partial charge in [0.25, 0.3) is 17.4 Å². The molecule has 1 aliphatic heterocycles. The number of aliphatic hydroxyl groups is 1. The van der Waals surface area contributed by atoms with Gasteiger partial charge in [-0.2, -0.15) is 0 Å². The summed E-state index contributed by atoms with van der Waals surface area (Å²) >= 11 is 0. The van der Waals surface area contributed by atoms with Crippen LogP contribution in [0.3, 0.4) is 0 Å². The number of hydrogen-bond acceptors (Lipinski definition) is 7. The third kappa shape index (κ3) is 5.91. The number of likely N-dealkylation sites (tertiary alicyclic amines) is 1. The van der Waals surface area contributed by atoms with Crippen LogP contribution in [0.4, 0.5) is 5.69 Å². The molecule has 2 aromatic rings. The van der Waals surface area contributed by atoms with Crippen molar-refractivity contribution in [3.8, 4) is 5.75 Å². The highest BCUT2D eigenvalue weighted by atomic mass is 16.6. The Morgan fingerprint density at radius 1 is 1.19 bits per heavy atom. The van der Waals surface area contributed by atoms with Crippen LogP contribution < -0.4 is 4.74 Å². The van der Waals surface area contributed by atoms with E-state index in [2.05, 4.69) is 0 Å². The molecular weight excluding hydrogens is 462 g/mol. The zero-order chi connectivity index (χ0) is 26.6. The van der Waals surface area contributed by atoms with Gasteiger partial charge >= 0.3 is 0 Å². The summed E-state index contributed by atoms with van der Waals surface area (Å²) in [5.41, 5.74) is 1.22. The number of carbonyl (C=O) groups excluding carboxylic acids is 2. The highest BCUT2D eigenvalue weighted by Gasteiger charge is 2.46. The number of non-ortho nitro benzene ring substituents is 1. The molecule has 1 amide bonds. The lowest BCUT2D eigenvalue weighted by Crippen LogP contribution is -2.32. The summed E-state index contributed by atoms with van der Waals surface area (Å²) in [6, 6.07) is 10.0. The number of hydrogen-bond donors (Lipinski definition) is 1. The first-order valence-corrected chi connectivity index (χ1v) is 11.9. The molecule has 3 rings (SSSR count). The average molecular weight is 496 g/mol. The molecule has 1 aliphatic rings. The van der Waals surface area contributed by atoms with Crippen molar-refractivity contribution in [3.63, 3.8) is 0 Å². The van der Waals surface area contributed by atoms with Crippen molar-refractivity contribution in [2.24, 2.45) is 5.92 Å². The number of nitro benzene ring substituents is 1. The van der Waals surface area contributed by atoms with E-state index in [4.69, 9.17) is 4.74 Å². The highest BCUT2D eigenvalue weighted by molar-refractivity contribution is 6.46. The smallest absolute Gasteiger partial charge is 0.295 e. The van der Waals surface area contributed by atoms with Gasteiger partial charge in [-0.3, -0.25) is 19.7 Å². The van der Waals surface area contributed by atoms with Gasteiger partial charge in [0, 0.05) is 24.2 Å². The van der Waals surface area contributed by atoms with Gasteiger partial charge in [-0.15, -0.1) is 0 Å². The maximum absolute atomic E-state index is 13.2. The number of aliphatic hydroxyl groups excluding tert-OH is 1. The predicted molar refractivity (Wildman–Crippen MR) is 137 cm³/mol. The molecule has 1 N–H and O–H groups in total. The largest absolute Gasteiger partial charge is 0.507 e. The van der Waals surface area contributed by atoms with Gasteiger partial charge in [-0.1, -0.05) is 26.0 Å². The second-order valence-electron chi connectivity index (χ2n) is 9.68. The van der Waals surface area contributed by atoms with Crippen molar-refractivity contribution in [1.82, 2.24) is 9.80 Å². The topological polar surface area (TPSA) is 113 Å². The van der Waals surface area contributed by atoms with Crippen molar-refractivity contribution < 1.29 is 24.4 Å². The number of carbonyl (C=O) groups is 2. The molecule has 0 bridgehead atoms. The SMILES string of the molecule is Cc1cc(OCC(C)C)ccc1/C(O)=C1\C(=O)C(=O)N(CCCN(C)C)[C@H]1c1cccc([N+](=O)[O-])c1. The minimum absolute atomic E-state index is 0.0794. The highest BCUT2D eigenvalue weighted by Crippen LogP contribution is 2.41. The molecule has 9 heteroatoms. The fraction of sp³-hybridized carbons (Fsp3) is 0.407. The molecule has 1 fully saturated rings. The van der Waals surface area contributed by atoms with E-state index in [0.717, 1.165) is 0 Å². The summed E-state index contributed by atoms with van der Waals surface area (Å²) in [4.78, 5) is 40.5. The molecule has 1 atom stereocenters. The number of nitro groups is 1. The first kappa shape index (κ1) is 26.9. The Hall–Kier alpha value is -3.72. The molecular formula is C27H33N3O6. The minimum atomic E-state index is -0.941. The number of aryl methyl sites for hydroxylation is 1. The van der Waals surface area contributed by atoms with Crippen molar-refractivity contribution >= 4 is 23.1 Å². The zero-order valence-corrected chi connectivity index (χ0v) is 21.4. The molecule has 9 nitrogen and oxygen atoms in total. The van der Waals surface area contributed by atoms with Gasteiger partial charge in [-0.05, 0) is 69.2 Å². The Morgan fingerprint density at radius 3 is 2.53 bits per heavy atom. The fourth-order valence-electron chi connectivity index (χ4n) is 4.22. The van der Waals surface area contributed by atoms with E-state index in [9.17, 15) is 24.8 Å². The van der Waals surface area contributed by atoms with Crippen molar-refractivity contribution in [1.29, 1.82) is 0 Å². The third-order valence-electron chi connectivity index (χ3n) is 5.98. The number of benzene rings is 2. The lowest BCUT2D eigenvalue weighted by Gasteiger charge is -2.26. The van der Waals surface area contributed by atoms with Crippen LogP contribution in [0.2, 0.25) is 0 Å². The molecule has 0 radical (unpaired) electrons. The quantitative estimate of drug-likeness (QED) is 0.172. The van der Waals surface area contributed by atoms with Crippen molar-refractivity contribution in [2.45, 2.75) is 33.2 Å². The van der Waals surface area contributed by atoms with Crippen LogP contribution in [0, 0.1) is 23.0 Å². The molecule has 0 aromatic heterocycles. The lowest BCUT2D eigenvalue weighted by molar-refractivity contribution is -0.384. The van der Waals surface area contributed by atoms with Gasteiger partial charge in [0.1, 0.15) is 11.5 Å². The van der Waals surface area contributed by atoms with Crippen LogP contribution in [-0.4, -0.2) is 65.3 Å². The molecule has 192 valence electrons. The van der Waals surface area contributed by atoms with Crippen LogP contribution in [0.15, 0.2) is 48.0 Å². The molecule has 0 unspecified atom stereocenters. The second-order valence-corrected chi connectivity index (χ2v) is 9.68. The average Bonchev–Trinajstić information content (AvgIpc) is 3.07. The van der Waals surface area contributed by atoms with Crippen LogP contribution in [-0.2, 0) is 9.59 Å². The maximum atomic E-state index is 13.2. The van der Waals surface area contributed by atoms with E-state index in [-0.39, 0.29) is 23.6 Å². The van der Waals surface area contributed by atoms with E-state index in [0.29, 0.717) is 47.9 Å².